The first-order valence-electron chi connectivity index (χ1n) is 8.50. The molecule has 0 spiro atoms. The fourth-order valence-electron chi connectivity index (χ4n) is 2.44. The molecule has 2 amide bonds. The summed E-state index contributed by atoms with van der Waals surface area (Å²) in [5.41, 5.74) is 0.964. The Hall–Kier alpha value is -2.09. The van der Waals surface area contributed by atoms with Gasteiger partial charge >= 0.3 is 0 Å². The van der Waals surface area contributed by atoms with Crippen molar-refractivity contribution in [1.82, 2.24) is 10.2 Å². The van der Waals surface area contributed by atoms with Crippen LogP contribution in [0.15, 0.2) is 54.6 Å². The van der Waals surface area contributed by atoms with Gasteiger partial charge in [-0.2, -0.15) is 0 Å². The van der Waals surface area contributed by atoms with E-state index < -0.39 is 6.04 Å². The van der Waals surface area contributed by atoms with Crippen molar-refractivity contribution in [2.45, 2.75) is 26.4 Å². The minimum absolute atomic E-state index is 0.114. The van der Waals surface area contributed by atoms with Crippen molar-refractivity contribution in [3.05, 3.63) is 63.7 Å². The van der Waals surface area contributed by atoms with Gasteiger partial charge in [-0.05, 0) is 66.3 Å². The van der Waals surface area contributed by atoms with Crippen molar-refractivity contribution in [3.63, 3.8) is 0 Å². The normalized spacial score (nSPS) is 11.5. The monoisotopic (exact) mass is 466 g/mol. The van der Waals surface area contributed by atoms with E-state index in [0.717, 1.165) is 9.13 Å². The smallest absolute Gasteiger partial charge is 0.261 e. The number of carbonyl (C=O) groups is 2. The highest BCUT2D eigenvalue weighted by Crippen LogP contribution is 2.15. The van der Waals surface area contributed by atoms with Gasteiger partial charge in [0, 0.05) is 16.7 Å². The molecule has 2 aromatic carbocycles. The average Bonchev–Trinajstić information content (AvgIpc) is 2.66. The molecule has 1 N–H and O–H groups in total. The molecule has 0 aromatic heterocycles. The Kier molecular flexibility index (Phi) is 7.90. The molecule has 0 saturated carbocycles. The van der Waals surface area contributed by atoms with Gasteiger partial charge in [-0.15, -0.1) is 0 Å². The third-order valence-electron chi connectivity index (χ3n) is 3.89. The first-order valence-corrected chi connectivity index (χ1v) is 9.58. The Labute approximate surface area is 167 Å². The van der Waals surface area contributed by atoms with Gasteiger partial charge in [0.15, 0.2) is 6.61 Å². The molecule has 0 saturated heterocycles. The van der Waals surface area contributed by atoms with Gasteiger partial charge in [-0.25, -0.2) is 0 Å². The number of likely N-dealkylation sites (N-methyl/N-ethyl adjacent to an activating group) is 1. The second-order valence-electron chi connectivity index (χ2n) is 5.82. The Bertz CT molecular complexity index is 720. The van der Waals surface area contributed by atoms with Crippen molar-refractivity contribution in [1.29, 1.82) is 0 Å². The SMILES string of the molecule is CCNC(=O)[C@H](C)N(Cc1ccccc1)C(=O)COc1ccc(I)cc1. The molecule has 0 aliphatic carbocycles. The van der Waals surface area contributed by atoms with Crippen LogP contribution in [-0.4, -0.2) is 35.9 Å². The van der Waals surface area contributed by atoms with E-state index in [-0.39, 0.29) is 18.4 Å². The van der Waals surface area contributed by atoms with Crippen LogP contribution in [0.4, 0.5) is 0 Å². The Morgan fingerprint density at radius 3 is 2.38 bits per heavy atom. The number of amides is 2. The molecule has 26 heavy (non-hydrogen) atoms. The second-order valence-corrected chi connectivity index (χ2v) is 7.07. The highest BCUT2D eigenvalue weighted by Gasteiger charge is 2.26. The van der Waals surface area contributed by atoms with Gasteiger partial charge in [-0.1, -0.05) is 30.3 Å². The quantitative estimate of drug-likeness (QED) is 0.608. The van der Waals surface area contributed by atoms with E-state index in [9.17, 15) is 9.59 Å². The molecule has 0 radical (unpaired) electrons. The van der Waals surface area contributed by atoms with Crippen molar-refractivity contribution in [2.75, 3.05) is 13.2 Å². The molecule has 0 bridgehead atoms. The van der Waals surface area contributed by atoms with Gasteiger partial charge in [0.05, 0.1) is 0 Å². The molecule has 0 aliphatic rings. The molecule has 0 aliphatic heterocycles. The summed E-state index contributed by atoms with van der Waals surface area (Å²) in [7, 11) is 0. The maximum Gasteiger partial charge on any atom is 0.261 e. The van der Waals surface area contributed by atoms with Gasteiger partial charge in [0.2, 0.25) is 5.91 Å². The van der Waals surface area contributed by atoms with Gasteiger partial charge in [0.1, 0.15) is 11.8 Å². The second kappa shape index (κ2) is 10.2. The van der Waals surface area contributed by atoms with Gasteiger partial charge < -0.3 is 15.0 Å². The lowest BCUT2D eigenvalue weighted by molar-refractivity contribution is -0.142. The number of carbonyl (C=O) groups excluding carboxylic acids is 2. The van der Waals surface area contributed by atoms with Crippen LogP contribution in [0.5, 0.6) is 5.75 Å². The Morgan fingerprint density at radius 2 is 1.77 bits per heavy atom. The summed E-state index contributed by atoms with van der Waals surface area (Å²) in [6, 6.07) is 16.5. The Morgan fingerprint density at radius 1 is 1.12 bits per heavy atom. The summed E-state index contributed by atoms with van der Waals surface area (Å²) < 4.78 is 6.70. The summed E-state index contributed by atoms with van der Waals surface area (Å²) in [4.78, 5) is 26.6. The number of ether oxygens (including phenoxy) is 1. The fourth-order valence-corrected chi connectivity index (χ4v) is 2.80. The molecule has 1 atom stereocenters. The molecule has 6 heteroatoms. The zero-order valence-corrected chi connectivity index (χ0v) is 17.1. The van der Waals surface area contributed by atoms with E-state index in [1.807, 2.05) is 61.5 Å². The van der Waals surface area contributed by atoms with Crippen LogP contribution in [0.1, 0.15) is 19.4 Å². The molecule has 138 valence electrons. The largest absolute Gasteiger partial charge is 0.484 e. The maximum absolute atomic E-state index is 12.8. The van der Waals surface area contributed by atoms with Gasteiger partial charge in [-0.3, -0.25) is 9.59 Å². The molecular formula is C20H23IN2O3. The van der Waals surface area contributed by atoms with Crippen LogP contribution >= 0.6 is 22.6 Å². The summed E-state index contributed by atoms with van der Waals surface area (Å²) in [5.74, 6) is 0.223. The minimum atomic E-state index is -0.581. The summed E-state index contributed by atoms with van der Waals surface area (Å²) in [6.07, 6.45) is 0. The van der Waals surface area contributed by atoms with Crippen LogP contribution in [0.3, 0.4) is 0 Å². The Balaban J connectivity index is 2.09. The number of hydrogen-bond acceptors (Lipinski definition) is 3. The number of nitrogens with one attached hydrogen (secondary N) is 1. The molecule has 0 heterocycles. The number of nitrogens with zero attached hydrogens (tertiary/aromatic N) is 1. The highest BCUT2D eigenvalue weighted by atomic mass is 127. The van der Waals surface area contributed by atoms with E-state index >= 15 is 0 Å². The van der Waals surface area contributed by atoms with Gasteiger partial charge in [0.25, 0.3) is 5.91 Å². The predicted octanol–water partition coefficient (Wildman–Crippen LogP) is 3.22. The van der Waals surface area contributed by atoms with E-state index in [4.69, 9.17) is 4.74 Å². The number of hydrogen-bond donors (Lipinski definition) is 1. The van der Waals surface area contributed by atoms with E-state index in [1.165, 1.54) is 0 Å². The van der Waals surface area contributed by atoms with Crippen LogP contribution in [0.2, 0.25) is 0 Å². The summed E-state index contributed by atoms with van der Waals surface area (Å²) in [5, 5.41) is 2.77. The average molecular weight is 466 g/mol. The highest BCUT2D eigenvalue weighted by molar-refractivity contribution is 14.1. The lowest BCUT2D eigenvalue weighted by Gasteiger charge is -2.28. The van der Waals surface area contributed by atoms with Crippen molar-refractivity contribution in [2.24, 2.45) is 0 Å². The number of benzene rings is 2. The lowest BCUT2D eigenvalue weighted by Crippen LogP contribution is -2.49. The molecule has 0 fully saturated rings. The topological polar surface area (TPSA) is 58.6 Å². The van der Waals surface area contributed by atoms with Crippen LogP contribution < -0.4 is 10.1 Å². The first-order chi connectivity index (χ1) is 12.5. The summed E-state index contributed by atoms with van der Waals surface area (Å²) >= 11 is 2.21. The molecular weight excluding hydrogens is 443 g/mol. The zero-order chi connectivity index (χ0) is 18.9. The third kappa shape index (κ3) is 6.01. The minimum Gasteiger partial charge on any atom is -0.484 e. The molecule has 2 rings (SSSR count). The van der Waals surface area contributed by atoms with Crippen molar-refractivity contribution < 1.29 is 14.3 Å². The predicted molar refractivity (Wildman–Crippen MR) is 110 cm³/mol. The number of halogens is 1. The first kappa shape index (κ1) is 20.2. The standard InChI is InChI=1S/C20H23IN2O3/c1-3-22-20(25)15(2)23(13-16-7-5-4-6-8-16)19(24)14-26-18-11-9-17(21)10-12-18/h4-12,15H,3,13-14H2,1-2H3,(H,22,25)/t15-/m0/s1. The van der Waals surface area contributed by atoms with Crippen molar-refractivity contribution >= 4 is 34.4 Å². The van der Waals surface area contributed by atoms with Crippen LogP contribution in [-0.2, 0) is 16.1 Å². The van der Waals surface area contributed by atoms with E-state index in [1.54, 1.807) is 11.8 Å². The molecule has 5 nitrogen and oxygen atoms in total. The third-order valence-corrected chi connectivity index (χ3v) is 4.61. The van der Waals surface area contributed by atoms with Crippen LogP contribution in [0.25, 0.3) is 0 Å². The van der Waals surface area contributed by atoms with E-state index in [0.29, 0.717) is 18.8 Å². The number of rotatable bonds is 8. The van der Waals surface area contributed by atoms with Crippen LogP contribution in [0, 0.1) is 3.57 Å². The molecule has 2 aromatic rings. The van der Waals surface area contributed by atoms with Crippen molar-refractivity contribution in [3.8, 4) is 5.75 Å². The fraction of sp³-hybridized carbons (Fsp3) is 0.300. The summed E-state index contributed by atoms with van der Waals surface area (Å²) in [6.45, 7) is 4.35. The zero-order valence-electron chi connectivity index (χ0n) is 14.9. The maximum atomic E-state index is 12.8. The lowest BCUT2D eigenvalue weighted by atomic mass is 10.1. The molecule has 0 unspecified atom stereocenters. The van der Waals surface area contributed by atoms with E-state index in [2.05, 4.69) is 27.9 Å².